The predicted octanol–water partition coefficient (Wildman–Crippen LogP) is 2.70. The molecule has 0 radical (unpaired) electrons. The predicted molar refractivity (Wildman–Crippen MR) is 85.4 cm³/mol. The fourth-order valence-electron chi connectivity index (χ4n) is 1.48. The van der Waals surface area contributed by atoms with Gasteiger partial charge < -0.3 is 5.11 Å². The van der Waals surface area contributed by atoms with Crippen LogP contribution < -0.4 is 4.72 Å². The summed E-state index contributed by atoms with van der Waals surface area (Å²) in [4.78, 5) is 11.0. The molecule has 0 heterocycles. The van der Waals surface area contributed by atoms with Gasteiger partial charge in [0.05, 0.1) is 10.5 Å². The number of hydrogen-bond donors (Lipinski definition) is 2. The summed E-state index contributed by atoms with van der Waals surface area (Å²) in [5, 5.41) is 9.02. The molecule has 1 rings (SSSR count). The van der Waals surface area contributed by atoms with Crippen LogP contribution >= 0.6 is 22.6 Å². The van der Waals surface area contributed by atoms with Crippen molar-refractivity contribution in [3.05, 3.63) is 27.3 Å². The van der Waals surface area contributed by atoms with Gasteiger partial charge in [-0.15, -0.1) is 0 Å². The largest absolute Gasteiger partial charge is 0.478 e. The summed E-state index contributed by atoms with van der Waals surface area (Å²) in [5.41, 5.74) is 0.0187. The van der Waals surface area contributed by atoms with Gasteiger partial charge in [0.2, 0.25) is 10.0 Å². The number of carboxylic acid groups (broad SMARTS) is 1. The number of aromatic carboxylic acids is 1. The molecule has 1 aromatic rings. The Morgan fingerprint density at radius 1 is 1.35 bits per heavy atom. The Hall–Kier alpha value is -0.670. The van der Waals surface area contributed by atoms with E-state index >= 15 is 0 Å². The molecular formula is C13H18INO4S. The molecule has 0 saturated carbocycles. The lowest BCUT2D eigenvalue weighted by Crippen LogP contribution is -2.27. The highest BCUT2D eigenvalue weighted by Gasteiger charge is 2.19. The molecule has 0 aliphatic heterocycles. The van der Waals surface area contributed by atoms with Crippen molar-refractivity contribution in [1.82, 2.24) is 4.72 Å². The van der Waals surface area contributed by atoms with Crippen molar-refractivity contribution in [3.63, 3.8) is 0 Å². The Balaban J connectivity index is 2.93. The minimum Gasteiger partial charge on any atom is -0.478 e. The van der Waals surface area contributed by atoms with E-state index in [0.717, 1.165) is 0 Å². The van der Waals surface area contributed by atoms with E-state index in [1.54, 1.807) is 0 Å². The summed E-state index contributed by atoms with van der Waals surface area (Å²) in [5.74, 6) is -1.14. The Labute approximate surface area is 133 Å². The van der Waals surface area contributed by atoms with Crippen molar-refractivity contribution in [3.8, 4) is 0 Å². The molecule has 0 spiro atoms. The molecule has 5 nitrogen and oxygen atoms in total. The average molecular weight is 411 g/mol. The lowest BCUT2D eigenvalue weighted by molar-refractivity contribution is 0.0695. The number of benzene rings is 1. The van der Waals surface area contributed by atoms with E-state index < -0.39 is 16.0 Å². The molecule has 7 heteroatoms. The van der Waals surface area contributed by atoms with Gasteiger partial charge in [0.15, 0.2) is 0 Å². The quantitative estimate of drug-likeness (QED) is 0.730. The standard InChI is InChI=1S/C13H18INO4S/c1-13(2,3)6-7-15-20(18,19)9-4-5-11(14)10(8-9)12(16)17/h4-5,8,15H,6-7H2,1-3H3,(H,16,17). The van der Waals surface area contributed by atoms with Gasteiger partial charge in [0.25, 0.3) is 0 Å². The monoisotopic (exact) mass is 411 g/mol. The van der Waals surface area contributed by atoms with Gasteiger partial charge in [-0.3, -0.25) is 0 Å². The third-order valence-electron chi connectivity index (χ3n) is 2.65. The second-order valence-corrected chi connectivity index (χ2v) is 8.58. The topological polar surface area (TPSA) is 83.5 Å². The first-order chi connectivity index (χ1) is 9.03. The van der Waals surface area contributed by atoms with Crippen LogP contribution in [-0.2, 0) is 10.0 Å². The van der Waals surface area contributed by atoms with Gasteiger partial charge in [-0.2, -0.15) is 0 Å². The van der Waals surface area contributed by atoms with Crippen LogP contribution in [0.2, 0.25) is 0 Å². The molecule has 0 aliphatic carbocycles. The van der Waals surface area contributed by atoms with Crippen LogP contribution in [0.15, 0.2) is 23.1 Å². The highest BCUT2D eigenvalue weighted by Crippen LogP contribution is 2.20. The molecule has 20 heavy (non-hydrogen) atoms. The van der Waals surface area contributed by atoms with Crippen molar-refractivity contribution >= 4 is 38.6 Å². The molecule has 0 saturated heterocycles. The number of rotatable bonds is 5. The van der Waals surface area contributed by atoms with E-state index in [4.69, 9.17) is 5.11 Å². The first-order valence-corrected chi connectivity index (χ1v) is 8.62. The maximum absolute atomic E-state index is 12.1. The molecule has 0 unspecified atom stereocenters. The van der Waals surface area contributed by atoms with E-state index in [9.17, 15) is 13.2 Å². The van der Waals surface area contributed by atoms with Gasteiger partial charge in [0, 0.05) is 10.1 Å². The molecule has 0 aromatic heterocycles. The first kappa shape index (κ1) is 17.4. The lowest BCUT2D eigenvalue weighted by atomic mass is 9.93. The molecule has 1 aromatic carbocycles. The van der Waals surface area contributed by atoms with Crippen LogP contribution in [0.5, 0.6) is 0 Å². The summed E-state index contributed by atoms with van der Waals surface area (Å²) in [7, 11) is -3.67. The number of sulfonamides is 1. The Morgan fingerprint density at radius 2 is 1.95 bits per heavy atom. The van der Waals surface area contributed by atoms with E-state index in [1.807, 2.05) is 43.4 Å². The van der Waals surface area contributed by atoms with E-state index in [0.29, 0.717) is 16.5 Å². The fraction of sp³-hybridized carbons (Fsp3) is 0.462. The number of carbonyl (C=O) groups is 1. The zero-order valence-corrected chi connectivity index (χ0v) is 14.6. The van der Waals surface area contributed by atoms with Gasteiger partial charge in [-0.05, 0) is 52.6 Å². The van der Waals surface area contributed by atoms with Crippen LogP contribution in [0.1, 0.15) is 37.6 Å². The van der Waals surface area contributed by atoms with E-state index in [2.05, 4.69) is 4.72 Å². The first-order valence-electron chi connectivity index (χ1n) is 6.05. The van der Waals surface area contributed by atoms with Crippen LogP contribution in [0.3, 0.4) is 0 Å². The second-order valence-electron chi connectivity index (χ2n) is 5.66. The molecule has 0 fully saturated rings. The molecule has 112 valence electrons. The van der Waals surface area contributed by atoms with Gasteiger partial charge in [-0.25, -0.2) is 17.9 Å². The Bertz CT molecular complexity index is 605. The van der Waals surface area contributed by atoms with E-state index in [1.165, 1.54) is 18.2 Å². The molecule has 0 amide bonds. The van der Waals surface area contributed by atoms with Crippen LogP contribution in [0.4, 0.5) is 0 Å². The molecular weight excluding hydrogens is 393 g/mol. The highest BCUT2D eigenvalue weighted by molar-refractivity contribution is 14.1. The van der Waals surface area contributed by atoms with Crippen molar-refractivity contribution in [2.24, 2.45) is 5.41 Å². The average Bonchev–Trinajstić information content (AvgIpc) is 2.26. The summed E-state index contributed by atoms with van der Waals surface area (Å²) >= 11 is 1.86. The number of carboxylic acids is 1. The molecule has 2 N–H and O–H groups in total. The summed E-state index contributed by atoms with van der Waals surface area (Å²) in [6, 6.07) is 4.08. The van der Waals surface area contributed by atoms with Crippen LogP contribution in [0, 0.1) is 8.99 Å². The second kappa shape index (κ2) is 6.40. The van der Waals surface area contributed by atoms with Crippen LogP contribution in [0.25, 0.3) is 0 Å². The Morgan fingerprint density at radius 3 is 2.45 bits per heavy atom. The van der Waals surface area contributed by atoms with E-state index in [-0.39, 0.29) is 15.9 Å². The van der Waals surface area contributed by atoms with Crippen molar-refractivity contribution < 1.29 is 18.3 Å². The SMILES string of the molecule is CC(C)(C)CCNS(=O)(=O)c1ccc(I)c(C(=O)O)c1. The van der Waals surface area contributed by atoms with Gasteiger partial charge >= 0.3 is 5.97 Å². The lowest BCUT2D eigenvalue weighted by Gasteiger charge is -2.18. The van der Waals surface area contributed by atoms with Crippen molar-refractivity contribution in [1.29, 1.82) is 0 Å². The summed E-state index contributed by atoms with van der Waals surface area (Å²) < 4.78 is 27.2. The zero-order valence-electron chi connectivity index (χ0n) is 11.6. The smallest absolute Gasteiger partial charge is 0.336 e. The third kappa shape index (κ3) is 5.02. The zero-order chi connectivity index (χ0) is 15.6. The molecule has 0 aliphatic rings. The number of nitrogens with one attached hydrogen (secondary N) is 1. The van der Waals surface area contributed by atoms with Gasteiger partial charge in [0.1, 0.15) is 0 Å². The maximum atomic E-state index is 12.1. The maximum Gasteiger partial charge on any atom is 0.336 e. The van der Waals surface area contributed by atoms with Crippen molar-refractivity contribution in [2.75, 3.05) is 6.54 Å². The van der Waals surface area contributed by atoms with Crippen molar-refractivity contribution in [2.45, 2.75) is 32.1 Å². The van der Waals surface area contributed by atoms with Crippen LogP contribution in [-0.4, -0.2) is 26.0 Å². The molecule has 0 bridgehead atoms. The summed E-state index contributed by atoms with van der Waals surface area (Å²) in [6.07, 6.45) is 0.697. The minimum atomic E-state index is -3.67. The summed E-state index contributed by atoms with van der Waals surface area (Å²) in [6.45, 7) is 6.39. The minimum absolute atomic E-state index is 0.00991. The highest BCUT2D eigenvalue weighted by atomic mass is 127. The number of hydrogen-bond acceptors (Lipinski definition) is 3. The Kier molecular flexibility index (Phi) is 5.56. The van der Waals surface area contributed by atoms with Gasteiger partial charge in [-0.1, -0.05) is 20.8 Å². The third-order valence-corrected chi connectivity index (χ3v) is 5.04. The fourth-order valence-corrected chi connectivity index (χ4v) is 3.10. The number of halogens is 1. The normalized spacial score (nSPS) is 12.4. The molecule has 0 atom stereocenters.